The third-order valence-electron chi connectivity index (χ3n) is 3.36. The van der Waals surface area contributed by atoms with E-state index < -0.39 is 17.7 Å². The van der Waals surface area contributed by atoms with Gasteiger partial charge < -0.3 is 5.32 Å². The van der Waals surface area contributed by atoms with Gasteiger partial charge in [-0.1, -0.05) is 24.3 Å². The first-order valence-corrected chi connectivity index (χ1v) is 6.05. The molecule has 19 heavy (non-hydrogen) atoms. The molecule has 0 spiro atoms. The van der Waals surface area contributed by atoms with Crippen LogP contribution in [-0.4, -0.2) is 19.3 Å². The summed E-state index contributed by atoms with van der Waals surface area (Å²) in [7, 11) is 0. The van der Waals surface area contributed by atoms with Gasteiger partial charge in [0.2, 0.25) is 0 Å². The number of alkyl halides is 5. The van der Waals surface area contributed by atoms with E-state index in [4.69, 9.17) is 0 Å². The van der Waals surface area contributed by atoms with Crippen LogP contribution in [0.4, 0.5) is 22.0 Å². The minimum atomic E-state index is -5.55. The Balaban J connectivity index is 2.09. The Morgan fingerprint density at radius 1 is 1.05 bits per heavy atom. The first-order valence-electron chi connectivity index (χ1n) is 6.05. The molecule has 1 atom stereocenters. The van der Waals surface area contributed by atoms with Crippen molar-refractivity contribution in [1.82, 2.24) is 5.32 Å². The maximum Gasteiger partial charge on any atom is 0.458 e. The average molecular weight is 279 g/mol. The van der Waals surface area contributed by atoms with Gasteiger partial charge in [0.05, 0.1) is 0 Å². The highest BCUT2D eigenvalue weighted by Gasteiger charge is 2.58. The van der Waals surface area contributed by atoms with Crippen LogP contribution in [0.3, 0.4) is 0 Å². The van der Waals surface area contributed by atoms with E-state index in [1.165, 1.54) is 12.1 Å². The summed E-state index contributed by atoms with van der Waals surface area (Å²) in [6.07, 6.45) is -3.85. The number of rotatable bonds is 3. The van der Waals surface area contributed by atoms with Crippen molar-refractivity contribution in [2.75, 3.05) is 13.1 Å². The predicted molar refractivity (Wildman–Crippen MR) is 61.1 cm³/mol. The molecule has 1 aromatic rings. The lowest BCUT2D eigenvalue weighted by Crippen LogP contribution is -2.33. The second kappa shape index (κ2) is 5.07. The molecule has 1 fully saturated rings. The van der Waals surface area contributed by atoms with Gasteiger partial charge in [0.25, 0.3) is 0 Å². The van der Waals surface area contributed by atoms with Gasteiger partial charge >= 0.3 is 12.1 Å². The summed E-state index contributed by atoms with van der Waals surface area (Å²) in [6.45, 7) is 1.79. The minimum Gasteiger partial charge on any atom is -0.316 e. The summed E-state index contributed by atoms with van der Waals surface area (Å²) in [5.41, 5.74) is -0.219. The van der Waals surface area contributed by atoms with E-state index >= 15 is 0 Å². The largest absolute Gasteiger partial charge is 0.458 e. The molecule has 6 heteroatoms. The summed E-state index contributed by atoms with van der Waals surface area (Å²) < 4.78 is 62.7. The Labute approximate surface area is 107 Å². The van der Waals surface area contributed by atoms with E-state index in [1.54, 1.807) is 0 Å². The summed E-state index contributed by atoms with van der Waals surface area (Å²) in [5, 5.41) is 3.18. The second-order valence-corrected chi connectivity index (χ2v) is 4.83. The van der Waals surface area contributed by atoms with Crippen molar-refractivity contribution >= 4 is 0 Å². The highest BCUT2D eigenvalue weighted by Crippen LogP contribution is 2.43. The first kappa shape index (κ1) is 14.2. The third kappa shape index (κ3) is 3.05. The van der Waals surface area contributed by atoms with Gasteiger partial charge in [-0.25, -0.2) is 0 Å². The van der Waals surface area contributed by atoms with Crippen molar-refractivity contribution in [3.8, 4) is 0 Å². The summed E-state index contributed by atoms with van der Waals surface area (Å²) in [5.74, 6) is -4.37. The van der Waals surface area contributed by atoms with Crippen molar-refractivity contribution in [3.63, 3.8) is 0 Å². The normalized spacial score (nSPS) is 20.8. The smallest absolute Gasteiger partial charge is 0.316 e. The van der Waals surface area contributed by atoms with Crippen LogP contribution in [-0.2, 0) is 12.3 Å². The van der Waals surface area contributed by atoms with Crippen LogP contribution < -0.4 is 5.32 Å². The zero-order chi connectivity index (χ0) is 14.1. The molecule has 1 aromatic carbocycles. The molecule has 1 N–H and O–H groups in total. The lowest BCUT2D eigenvalue weighted by atomic mass is 9.97. The standard InChI is InChI=1S/C13H14F5N/c14-12(15,13(16,17)18)11-3-1-9(2-4-11)7-10-5-6-19-8-10/h1-4,10,19H,5-8H2. The molecule has 1 aliphatic rings. The van der Waals surface area contributed by atoms with E-state index in [2.05, 4.69) is 5.32 Å². The van der Waals surface area contributed by atoms with E-state index in [-0.39, 0.29) is 0 Å². The molecule has 0 amide bonds. The zero-order valence-electron chi connectivity index (χ0n) is 10.1. The van der Waals surface area contributed by atoms with Gasteiger partial charge in [-0.3, -0.25) is 0 Å². The molecule has 1 saturated heterocycles. The lowest BCUT2D eigenvalue weighted by Gasteiger charge is -2.20. The quantitative estimate of drug-likeness (QED) is 0.835. The maximum atomic E-state index is 13.1. The monoisotopic (exact) mass is 279 g/mol. The number of hydrogen-bond acceptors (Lipinski definition) is 1. The van der Waals surface area contributed by atoms with Crippen LogP contribution in [0.25, 0.3) is 0 Å². The fraction of sp³-hybridized carbons (Fsp3) is 0.538. The SMILES string of the molecule is FC(F)(F)C(F)(F)c1ccc(CC2CCNC2)cc1. The highest BCUT2D eigenvalue weighted by molar-refractivity contribution is 5.27. The molecule has 1 nitrogen and oxygen atoms in total. The summed E-state index contributed by atoms with van der Waals surface area (Å²) in [4.78, 5) is 0. The fourth-order valence-electron chi connectivity index (χ4n) is 2.24. The maximum absolute atomic E-state index is 13.1. The van der Waals surface area contributed by atoms with Gasteiger partial charge in [-0.2, -0.15) is 22.0 Å². The number of nitrogens with one attached hydrogen (secondary N) is 1. The number of halogens is 5. The Morgan fingerprint density at radius 3 is 2.16 bits per heavy atom. The Bertz CT molecular complexity index is 418. The average Bonchev–Trinajstić information content (AvgIpc) is 2.81. The van der Waals surface area contributed by atoms with Crippen LogP contribution in [0, 0.1) is 5.92 Å². The second-order valence-electron chi connectivity index (χ2n) is 4.83. The van der Waals surface area contributed by atoms with E-state index in [0.717, 1.165) is 37.2 Å². The molecule has 1 heterocycles. The van der Waals surface area contributed by atoms with Crippen LogP contribution in [0.2, 0.25) is 0 Å². The first-order chi connectivity index (χ1) is 8.80. The van der Waals surface area contributed by atoms with Crippen molar-refractivity contribution in [2.45, 2.75) is 24.9 Å². The van der Waals surface area contributed by atoms with Crippen molar-refractivity contribution in [3.05, 3.63) is 35.4 Å². The fourth-order valence-corrected chi connectivity index (χ4v) is 2.24. The van der Waals surface area contributed by atoms with Gasteiger partial charge in [-0.15, -0.1) is 0 Å². The Hall–Kier alpha value is -1.17. The van der Waals surface area contributed by atoms with Gasteiger partial charge in [0, 0.05) is 5.56 Å². The van der Waals surface area contributed by atoms with E-state index in [1.807, 2.05) is 0 Å². The molecule has 0 bridgehead atoms. The molecule has 2 rings (SSSR count). The molecular weight excluding hydrogens is 265 g/mol. The molecule has 0 aliphatic carbocycles. The third-order valence-corrected chi connectivity index (χ3v) is 3.36. The predicted octanol–water partition coefficient (Wildman–Crippen LogP) is 3.49. The van der Waals surface area contributed by atoms with Crippen LogP contribution in [0.15, 0.2) is 24.3 Å². The molecule has 0 aromatic heterocycles. The molecule has 106 valence electrons. The van der Waals surface area contributed by atoms with Gasteiger partial charge in [-0.05, 0) is 37.4 Å². The molecule has 1 unspecified atom stereocenters. The summed E-state index contributed by atoms with van der Waals surface area (Å²) in [6, 6.07) is 4.44. The van der Waals surface area contributed by atoms with E-state index in [9.17, 15) is 22.0 Å². The van der Waals surface area contributed by atoms with E-state index in [0.29, 0.717) is 12.3 Å². The van der Waals surface area contributed by atoms with Gasteiger partial charge in [0.1, 0.15) is 0 Å². The molecule has 1 aliphatic heterocycles. The van der Waals surface area contributed by atoms with Crippen molar-refractivity contribution in [2.24, 2.45) is 5.92 Å². The molecule has 0 saturated carbocycles. The molecular formula is C13H14F5N. The van der Waals surface area contributed by atoms with Crippen LogP contribution in [0.5, 0.6) is 0 Å². The topological polar surface area (TPSA) is 12.0 Å². The van der Waals surface area contributed by atoms with Gasteiger partial charge in [0.15, 0.2) is 0 Å². The molecule has 0 radical (unpaired) electrons. The number of benzene rings is 1. The zero-order valence-corrected chi connectivity index (χ0v) is 10.1. The Kier molecular flexibility index (Phi) is 3.80. The van der Waals surface area contributed by atoms with Crippen LogP contribution >= 0.6 is 0 Å². The summed E-state index contributed by atoms with van der Waals surface area (Å²) >= 11 is 0. The minimum absolute atomic E-state index is 0.425. The van der Waals surface area contributed by atoms with Crippen molar-refractivity contribution < 1.29 is 22.0 Å². The van der Waals surface area contributed by atoms with Crippen molar-refractivity contribution in [1.29, 1.82) is 0 Å². The lowest BCUT2D eigenvalue weighted by molar-refractivity contribution is -0.289. The Morgan fingerprint density at radius 2 is 1.68 bits per heavy atom. The number of hydrogen-bond donors (Lipinski definition) is 1. The highest BCUT2D eigenvalue weighted by atomic mass is 19.4. The van der Waals surface area contributed by atoms with Crippen LogP contribution in [0.1, 0.15) is 17.5 Å².